The maximum absolute atomic E-state index is 10.2. The van der Waals surface area contributed by atoms with Crippen LogP contribution >= 0.6 is 0 Å². The van der Waals surface area contributed by atoms with Crippen molar-refractivity contribution < 1.29 is 9.84 Å². The van der Waals surface area contributed by atoms with Crippen LogP contribution in [0.1, 0.15) is 37.0 Å². The van der Waals surface area contributed by atoms with Crippen LogP contribution in [0.3, 0.4) is 0 Å². The average Bonchev–Trinajstić information content (AvgIpc) is 2.49. The second kappa shape index (κ2) is 7.65. The Balaban J connectivity index is 1.92. The van der Waals surface area contributed by atoms with Crippen LogP contribution in [-0.2, 0) is 6.42 Å². The van der Waals surface area contributed by atoms with Crippen LogP contribution in [-0.4, -0.2) is 16.7 Å². The molecule has 1 aromatic carbocycles. The van der Waals surface area contributed by atoms with E-state index < -0.39 is 6.10 Å². The summed E-state index contributed by atoms with van der Waals surface area (Å²) in [5.74, 6) is 0.860. The van der Waals surface area contributed by atoms with Gasteiger partial charge in [0, 0.05) is 18.8 Å². The molecule has 1 heterocycles. The number of aromatic nitrogens is 1. The smallest absolute Gasteiger partial charge is 0.119 e. The number of ether oxygens (including phenoxy) is 1. The van der Waals surface area contributed by atoms with E-state index in [0.29, 0.717) is 6.42 Å². The van der Waals surface area contributed by atoms with Crippen molar-refractivity contribution in [1.82, 2.24) is 4.98 Å². The average molecular weight is 271 g/mol. The summed E-state index contributed by atoms with van der Waals surface area (Å²) in [6.07, 6.45) is 5.77. The summed E-state index contributed by atoms with van der Waals surface area (Å²) >= 11 is 0. The van der Waals surface area contributed by atoms with Gasteiger partial charge in [0.15, 0.2) is 0 Å². The molecule has 2 rings (SSSR count). The Morgan fingerprint density at radius 2 is 1.80 bits per heavy atom. The predicted octanol–water partition coefficient (Wildman–Crippen LogP) is 3.54. The fourth-order valence-electron chi connectivity index (χ4n) is 1.98. The quantitative estimate of drug-likeness (QED) is 0.783. The zero-order chi connectivity index (χ0) is 14.2. The van der Waals surface area contributed by atoms with Crippen molar-refractivity contribution in [3.63, 3.8) is 0 Å². The van der Waals surface area contributed by atoms with E-state index in [2.05, 4.69) is 11.9 Å². The van der Waals surface area contributed by atoms with Crippen molar-refractivity contribution >= 4 is 0 Å². The van der Waals surface area contributed by atoms with Crippen LogP contribution in [0, 0.1) is 0 Å². The van der Waals surface area contributed by atoms with E-state index in [-0.39, 0.29) is 0 Å². The third kappa shape index (κ3) is 4.35. The number of aliphatic hydroxyl groups is 1. The summed E-state index contributed by atoms with van der Waals surface area (Å²) in [7, 11) is 0. The molecule has 0 aliphatic rings. The lowest BCUT2D eigenvalue weighted by atomic mass is 10.0. The molecule has 0 bridgehead atoms. The molecule has 20 heavy (non-hydrogen) atoms. The van der Waals surface area contributed by atoms with Crippen molar-refractivity contribution in [1.29, 1.82) is 0 Å². The van der Waals surface area contributed by atoms with Crippen LogP contribution in [0.15, 0.2) is 48.8 Å². The van der Waals surface area contributed by atoms with Crippen LogP contribution in [0.4, 0.5) is 0 Å². The molecule has 0 saturated carbocycles. The molecule has 2 aromatic rings. The molecule has 0 radical (unpaired) electrons. The SMILES string of the molecule is CCCCOc1ccc(C(O)Cc2ccncc2)cc1. The standard InChI is InChI=1S/C17H21NO2/c1-2-3-12-20-16-6-4-15(5-7-16)17(19)13-14-8-10-18-11-9-14/h4-11,17,19H,2-3,12-13H2,1H3. The molecule has 0 saturated heterocycles. The van der Waals surface area contributed by atoms with E-state index in [0.717, 1.165) is 36.3 Å². The summed E-state index contributed by atoms with van der Waals surface area (Å²) < 4.78 is 5.61. The Bertz CT molecular complexity index is 496. The molecule has 1 aromatic heterocycles. The van der Waals surface area contributed by atoms with Gasteiger partial charge >= 0.3 is 0 Å². The Hall–Kier alpha value is -1.87. The van der Waals surface area contributed by atoms with Gasteiger partial charge in [0.25, 0.3) is 0 Å². The number of rotatable bonds is 7. The monoisotopic (exact) mass is 271 g/mol. The third-order valence-corrected chi connectivity index (χ3v) is 3.21. The topological polar surface area (TPSA) is 42.4 Å². The maximum atomic E-state index is 10.2. The molecule has 0 spiro atoms. The number of unbranched alkanes of at least 4 members (excludes halogenated alkanes) is 1. The van der Waals surface area contributed by atoms with Crippen molar-refractivity contribution in [2.45, 2.75) is 32.3 Å². The first-order chi connectivity index (χ1) is 9.79. The lowest BCUT2D eigenvalue weighted by Gasteiger charge is -2.12. The Kier molecular flexibility index (Phi) is 5.56. The van der Waals surface area contributed by atoms with Gasteiger partial charge in [0.1, 0.15) is 5.75 Å². The van der Waals surface area contributed by atoms with Gasteiger partial charge in [-0.15, -0.1) is 0 Å². The van der Waals surface area contributed by atoms with E-state index in [1.807, 2.05) is 36.4 Å². The maximum Gasteiger partial charge on any atom is 0.119 e. The molecule has 1 N–H and O–H groups in total. The van der Waals surface area contributed by atoms with Crippen LogP contribution < -0.4 is 4.74 Å². The van der Waals surface area contributed by atoms with Crippen LogP contribution in [0.2, 0.25) is 0 Å². The van der Waals surface area contributed by atoms with Crippen LogP contribution in [0.25, 0.3) is 0 Å². The Morgan fingerprint density at radius 1 is 1.10 bits per heavy atom. The van der Waals surface area contributed by atoms with Crippen molar-refractivity contribution in [2.75, 3.05) is 6.61 Å². The first kappa shape index (κ1) is 14.5. The molecule has 106 valence electrons. The normalized spacial score (nSPS) is 12.1. The fraction of sp³-hybridized carbons (Fsp3) is 0.353. The molecular formula is C17H21NO2. The van der Waals surface area contributed by atoms with Gasteiger partial charge in [-0.25, -0.2) is 0 Å². The highest BCUT2D eigenvalue weighted by Gasteiger charge is 2.08. The molecular weight excluding hydrogens is 250 g/mol. The van der Waals surface area contributed by atoms with Crippen LogP contribution in [0.5, 0.6) is 5.75 Å². The van der Waals surface area contributed by atoms with E-state index in [1.165, 1.54) is 0 Å². The number of pyridine rings is 1. The highest BCUT2D eigenvalue weighted by Crippen LogP contribution is 2.21. The predicted molar refractivity (Wildman–Crippen MR) is 79.7 cm³/mol. The first-order valence-corrected chi connectivity index (χ1v) is 7.09. The molecule has 1 unspecified atom stereocenters. The molecule has 0 amide bonds. The van der Waals surface area contributed by atoms with E-state index in [9.17, 15) is 5.11 Å². The van der Waals surface area contributed by atoms with E-state index >= 15 is 0 Å². The van der Waals surface area contributed by atoms with Gasteiger partial charge in [-0.1, -0.05) is 25.5 Å². The van der Waals surface area contributed by atoms with Gasteiger partial charge in [-0.2, -0.15) is 0 Å². The number of benzene rings is 1. The van der Waals surface area contributed by atoms with E-state index in [1.54, 1.807) is 12.4 Å². The summed E-state index contributed by atoms with van der Waals surface area (Å²) in [4.78, 5) is 3.97. The van der Waals surface area contributed by atoms with Crippen molar-refractivity contribution in [2.24, 2.45) is 0 Å². The largest absolute Gasteiger partial charge is 0.494 e. The zero-order valence-corrected chi connectivity index (χ0v) is 11.8. The number of nitrogens with zero attached hydrogens (tertiary/aromatic N) is 1. The molecule has 3 heteroatoms. The molecule has 0 aliphatic carbocycles. The number of hydrogen-bond donors (Lipinski definition) is 1. The summed E-state index contributed by atoms with van der Waals surface area (Å²) in [6, 6.07) is 11.5. The van der Waals surface area contributed by atoms with Crippen molar-refractivity contribution in [3.8, 4) is 5.75 Å². The summed E-state index contributed by atoms with van der Waals surface area (Å²) in [5.41, 5.74) is 1.99. The minimum absolute atomic E-state index is 0.498. The van der Waals surface area contributed by atoms with Gasteiger partial charge in [0.2, 0.25) is 0 Å². The Labute approximate surface area is 120 Å². The van der Waals surface area contributed by atoms with Gasteiger partial charge in [-0.05, 0) is 41.8 Å². The third-order valence-electron chi connectivity index (χ3n) is 3.21. The second-order valence-corrected chi connectivity index (χ2v) is 4.85. The second-order valence-electron chi connectivity index (χ2n) is 4.85. The number of aliphatic hydroxyl groups excluding tert-OH is 1. The van der Waals surface area contributed by atoms with Gasteiger partial charge < -0.3 is 9.84 Å². The molecule has 0 aliphatic heterocycles. The zero-order valence-electron chi connectivity index (χ0n) is 11.8. The lowest BCUT2D eigenvalue weighted by molar-refractivity contribution is 0.178. The van der Waals surface area contributed by atoms with Crippen molar-refractivity contribution in [3.05, 3.63) is 59.9 Å². The highest BCUT2D eigenvalue weighted by atomic mass is 16.5. The fourth-order valence-corrected chi connectivity index (χ4v) is 1.98. The molecule has 1 atom stereocenters. The number of hydrogen-bond acceptors (Lipinski definition) is 3. The lowest BCUT2D eigenvalue weighted by Crippen LogP contribution is -2.02. The summed E-state index contributed by atoms with van der Waals surface area (Å²) in [6.45, 7) is 2.89. The van der Waals surface area contributed by atoms with Gasteiger partial charge in [0.05, 0.1) is 12.7 Å². The van der Waals surface area contributed by atoms with Gasteiger partial charge in [-0.3, -0.25) is 4.98 Å². The minimum Gasteiger partial charge on any atom is -0.494 e. The summed E-state index contributed by atoms with van der Waals surface area (Å²) in [5, 5.41) is 10.2. The first-order valence-electron chi connectivity index (χ1n) is 7.09. The Morgan fingerprint density at radius 3 is 2.45 bits per heavy atom. The molecule has 0 fully saturated rings. The highest BCUT2D eigenvalue weighted by molar-refractivity contribution is 5.29. The van der Waals surface area contributed by atoms with E-state index in [4.69, 9.17) is 4.74 Å². The minimum atomic E-state index is -0.498. The molecule has 3 nitrogen and oxygen atoms in total.